The molecule has 0 aromatic heterocycles. The van der Waals surface area contributed by atoms with Crippen LogP contribution in [0.2, 0.25) is 0 Å². The Kier molecular flexibility index (Phi) is 3.02. The molecule has 0 bridgehead atoms. The van der Waals surface area contributed by atoms with Gasteiger partial charge in [0.05, 0.1) is 0 Å². The Bertz CT molecular complexity index is 90.7. The minimum atomic E-state index is 0.830. The molecule has 0 unspecified atom stereocenters. The number of halogens is 1. The van der Waals surface area contributed by atoms with Gasteiger partial charge in [-0.2, -0.15) is 0 Å². The predicted octanol–water partition coefficient (Wildman–Crippen LogP) is 3.17. The van der Waals surface area contributed by atoms with E-state index in [1.165, 1.54) is 25.7 Å². The molecule has 1 fully saturated rings. The van der Waals surface area contributed by atoms with Gasteiger partial charge in [-0.1, -0.05) is 28.7 Å². The lowest BCUT2D eigenvalue weighted by Crippen LogP contribution is -2.11. The molecule has 0 N–H and O–H groups in total. The maximum Gasteiger partial charge on any atom is 0.0110 e. The number of allylic oxidation sites excluding steroid dienone is 1. The van der Waals surface area contributed by atoms with Gasteiger partial charge in [-0.3, -0.25) is 0 Å². The second-order valence-electron chi connectivity index (χ2n) is 2.75. The van der Waals surface area contributed by atoms with E-state index in [-0.39, 0.29) is 0 Å². The monoisotopic (exact) mass is 236 g/mol. The minimum Gasteiger partial charge on any atom is -0.103 e. The molecule has 0 radical (unpaired) electrons. The van der Waals surface area contributed by atoms with Crippen LogP contribution in [0.15, 0.2) is 12.7 Å². The normalized spacial score (nSPS) is 36.1. The van der Waals surface area contributed by atoms with Crippen molar-refractivity contribution in [3.63, 3.8) is 0 Å². The van der Waals surface area contributed by atoms with Crippen LogP contribution < -0.4 is 0 Å². The smallest absolute Gasteiger partial charge is 0.0110 e. The highest BCUT2D eigenvalue weighted by atomic mass is 127. The third-order valence-corrected chi connectivity index (χ3v) is 3.28. The van der Waals surface area contributed by atoms with Gasteiger partial charge in [0.1, 0.15) is 0 Å². The lowest BCUT2D eigenvalue weighted by Gasteiger charge is -2.21. The summed E-state index contributed by atoms with van der Waals surface area (Å²) in [6, 6.07) is 0. The molecule has 1 saturated carbocycles. The van der Waals surface area contributed by atoms with E-state index in [1.54, 1.807) is 0 Å². The fourth-order valence-corrected chi connectivity index (χ4v) is 2.03. The van der Waals surface area contributed by atoms with Crippen molar-refractivity contribution in [1.82, 2.24) is 0 Å². The Morgan fingerprint density at radius 1 is 1.22 bits per heavy atom. The van der Waals surface area contributed by atoms with Crippen LogP contribution in [-0.2, 0) is 0 Å². The van der Waals surface area contributed by atoms with E-state index < -0.39 is 0 Å². The molecule has 1 rings (SSSR count). The van der Waals surface area contributed by atoms with Crippen LogP contribution in [0.5, 0.6) is 0 Å². The Hall–Kier alpha value is 0.470. The van der Waals surface area contributed by atoms with Crippen molar-refractivity contribution in [2.75, 3.05) is 0 Å². The lowest BCUT2D eigenvalue weighted by molar-refractivity contribution is 0.437. The van der Waals surface area contributed by atoms with E-state index >= 15 is 0 Å². The van der Waals surface area contributed by atoms with Crippen LogP contribution in [-0.4, -0.2) is 3.92 Å². The third kappa shape index (κ3) is 2.28. The summed E-state index contributed by atoms with van der Waals surface area (Å²) < 4.78 is 0.943. The molecule has 0 aromatic rings. The molecule has 9 heavy (non-hydrogen) atoms. The van der Waals surface area contributed by atoms with Crippen LogP contribution in [0.3, 0.4) is 0 Å². The van der Waals surface area contributed by atoms with Crippen LogP contribution >= 0.6 is 22.6 Å². The second kappa shape index (κ2) is 3.59. The summed E-state index contributed by atoms with van der Waals surface area (Å²) >= 11 is 2.55. The van der Waals surface area contributed by atoms with Gasteiger partial charge in [0.2, 0.25) is 0 Å². The van der Waals surface area contributed by atoms with E-state index in [0.717, 1.165) is 9.84 Å². The number of alkyl halides is 1. The van der Waals surface area contributed by atoms with Crippen molar-refractivity contribution >= 4 is 22.6 Å². The van der Waals surface area contributed by atoms with E-state index in [0.29, 0.717) is 0 Å². The van der Waals surface area contributed by atoms with Crippen molar-refractivity contribution in [3.8, 4) is 0 Å². The third-order valence-electron chi connectivity index (χ3n) is 2.03. The average molecular weight is 236 g/mol. The first kappa shape index (κ1) is 7.58. The summed E-state index contributed by atoms with van der Waals surface area (Å²) in [5, 5.41) is 0. The fraction of sp³-hybridized carbons (Fsp3) is 0.750. The molecule has 0 saturated heterocycles. The van der Waals surface area contributed by atoms with Gasteiger partial charge in [-0.15, -0.1) is 6.58 Å². The number of rotatable bonds is 1. The van der Waals surface area contributed by atoms with Gasteiger partial charge in [-0.05, 0) is 31.6 Å². The molecule has 0 atom stereocenters. The van der Waals surface area contributed by atoms with Crippen LogP contribution in [0, 0.1) is 5.92 Å². The van der Waals surface area contributed by atoms with Crippen LogP contribution in [0.4, 0.5) is 0 Å². The first-order valence-electron chi connectivity index (χ1n) is 3.59. The van der Waals surface area contributed by atoms with Crippen molar-refractivity contribution < 1.29 is 0 Å². The van der Waals surface area contributed by atoms with Crippen LogP contribution in [0.25, 0.3) is 0 Å². The lowest BCUT2D eigenvalue weighted by atomic mass is 9.90. The minimum absolute atomic E-state index is 0.830. The average Bonchev–Trinajstić information content (AvgIpc) is 1.90. The molecule has 0 heterocycles. The molecule has 1 aliphatic rings. The highest BCUT2D eigenvalue weighted by Gasteiger charge is 2.15. The topological polar surface area (TPSA) is 0 Å². The van der Waals surface area contributed by atoms with Gasteiger partial charge >= 0.3 is 0 Å². The molecule has 0 aromatic carbocycles. The Morgan fingerprint density at radius 3 is 2.22 bits per heavy atom. The summed E-state index contributed by atoms with van der Waals surface area (Å²) in [6.45, 7) is 3.81. The molecular weight excluding hydrogens is 223 g/mol. The van der Waals surface area contributed by atoms with E-state index in [4.69, 9.17) is 0 Å². The predicted molar refractivity (Wildman–Crippen MR) is 50.0 cm³/mol. The first-order valence-corrected chi connectivity index (χ1v) is 4.84. The molecular formula is C8H13I. The maximum absolute atomic E-state index is 3.81. The fourth-order valence-electron chi connectivity index (χ4n) is 1.31. The van der Waals surface area contributed by atoms with E-state index in [1.807, 2.05) is 0 Å². The Labute approximate surface area is 70.9 Å². The maximum atomic E-state index is 3.81. The molecule has 0 aliphatic heterocycles. The zero-order chi connectivity index (χ0) is 6.69. The van der Waals surface area contributed by atoms with E-state index in [2.05, 4.69) is 35.2 Å². The van der Waals surface area contributed by atoms with Crippen LogP contribution in [0.1, 0.15) is 25.7 Å². The number of hydrogen-bond donors (Lipinski definition) is 0. The van der Waals surface area contributed by atoms with Gasteiger partial charge in [0.15, 0.2) is 0 Å². The highest BCUT2D eigenvalue weighted by Crippen LogP contribution is 2.29. The van der Waals surface area contributed by atoms with Crippen molar-refractivity contribution in [2.24, 2.45) is 5.92 Å². The Morgan fingerprint density at radius 2 is 1.78 bits per heavy atom. The highest BCUT2D eigenvalue weighted by molar-refractivity contribution is 14.1. The van der Waals surface area contributed by atoms with Gasteiger partial charge in [0.25, 0.3) is 0 Å². The molecule has 0 nitrogen and oxygen atoms in total. The zero-order valence-corrected chi connectivity index (χ0v) is 7.80. The molecule has 52 valence electrons. The molecule has 0 amide bonds. The second-order valence-corrected chi connectivity index (χ2v) is 4.51. The standard InChI is InChI=1S/C8H13I/c1-2-7-3-5-8(9)6-4-7/h2,7-8H,1,3-6H2/t7-,8-. The summed E-state index contributed by atoms with van der Waals surface area (Å²) in [4.78, 5) is 0. The first-order chi connectivity index (χ1) is 4.33. The summed E-state index contributed by atoms with van der Waals surface area (Å²) in [5.74, 6) is 0.830. The quantitative estimate of drug-likeness (QED) is 0.372. The summed E-state index contributed by atoms with van der Waals surface area (Å²) in [5.41, 5.74) is 0. The largest absolute Gasteiger partial charge is 0.103 e. The molecule has 0 spiro atoms. The number of hydrogen-bond acceptors (Lipinski definition) is 0. The van der Waals surface area contributed by atoms with Gasteiger partial charge in [0, 0.05) is 3.92 Å². The summed E-state index contributed by atoms with van der Waals surface area (Å²) in [6.07, 6.45) is 7.66. The zero-order valence-electron chi connectivity index (χ0n) is 5.65. The molecule has 1 aliphatic carbocycles. The van der Waals surface area contributed by atoms with Gasteiger partial charge in [-0.25, -0.2) is 0 Å². The van der Waals surface area contributed by atoms with Crippen molar-refractivity contribution in [3.05, 3.63) is 12.7 Å². The SMILES string of the molecule is C=C[C@H]1CC[C@H](I)CC1. The van der Waals surface area contributed by atoms with Crippen molar-refractivity contribution in [2.45, 2.75) is 29.6 Å². The van der Waals surface area contributed by atoms with E-state index in [9.17, 15) is 0 Å². The van der Waals surface area contributed by atoms with Crippen molar-refractivity contribution in [1.29, 1.82) is 0 Å². The summed E-state index contributed by atoms with van der Waals surface area (Å²) in [7, 11) is 0. The molecule has 1 heteroatoms. The van der Waals surface area contributed by atoms with Gasteiger partial charge < -0.3 is 0 Å². The Balaban J connectivity index is 2.26.